The molecule has 5 nitrogen and oxygen atoms in total. The van der Waals surface area contributed by atoms with E-state index in [1.54, 1.807) is 0 Å². The van der Waals surface area contributed by atoms with Crippen LogP contribution in [0, 0.1) is 4.78 Å². The molecule has 1 unspecified atom stereocenters. The third-order valence-electron chi connectivity index (χ3n) is 0.252. The Bertz CT molecular complexity index is 180. The monoisotopic (exact) mass is 154 g/mol. The Labute approximate surface area is 52.7 Å². The van der Waals surface area contributed by atoms with Crippen molar-refractivity contribution in [2.45, 2.75) is 0 Å². The molecule has 0 aliphatic carbocycles. The lowest BCUT2D eigenvalue weighted by atomic mass is 11.3. The summed E-state index contributed by atoms with van der Waals surface area (Å²) in [5.41, 5.74) is 4.82. The van der Waals surface area contributed by atoms with E-state index in [-0.39, 0.29) is 5.11 Å². The fraction of sp³-hybridized carbons (Fsp3) is 0. The molecule has 0 aromatic rings. The van der Waals surface area contributed by atoms with Gasteiger partial charge in [0.25, 0.3) is 0 Å². The fourth-order valence-corrected chi connectivity index (χ4v) is 0.820. The van der Waals surface area contributed by atoms with Crippen LogP contribution < -0.4 is 15.6 Å². The first-order chi connectivity index (χ1) is 3.42. The predicted molar refractivity (Wildman–Crippen MR) is 35.0 cm³/mol. The predicted octanol–water partition coefficient (Wildman–Crippen LogP) is -1.34. The molecular weight excluding hydrogens is 148 g/mol. The van der Waals surface area contributed by atoms with Crippen LogP contribution in [0.4, 0.5) is 0 Å². The van der Waals surface area contributed by atoms with E-state index in [2.05, 4.69) is 17.4 Å². The van der Waals surface area contributed by atoms with Crippen LogP contribution in [-0.2, 0) is 10.1 Å². The summed E-state index contributed by atoms with van der Waals surface area (Å²) >= 11 is 4.23. The lowest BCUT2D eigenvalue weighted by Gasteiger charge is -1.99. The maximum atomic E-state index is 10.2. The Balaban J connectivity index is 3.95. The molecular formula is CH6N4OS2. The molecule has 0 saturated heterocycles. The molecule has 1 atom stereocenters. The van der Waals surface area contributed by atoms with E-state index in [4.69, 9.17) is 10.5 Å². The van der Waals surface area contributed by atoms with E-state index >= 15 is 0 Å². The summed E-state index contributed by atoms with van der Waals surface area (Å²) in [7, 11) is -3.24. The topological polar surface area (TPSA) is 105 Å². The van der Waals surface area contributed by atoms with Gasteiger partial charge in [-0.05, 0) is 12.2 Å². The summed E-state index contributed by atoms with van der Waals surface area (Å²) in [6, 6.07) is 0. The second-order valence-electron chi connectivity index (χ2n) is 1.07. The molecule has 6 N–H and O–H groups in total. The number of nitrogens with one attached hydrogen (secondary N) is 2. The van der Waals surface area contributed by atoms with Crippen molar-refractivity contribution in [3.05, 3.63) is 0 Å². The van der Waals surface area contributed by atoms with Gasteiger partial charge in [0, 0.05) is 0 Å². The molecule has 0 bridgehead atoms. The number of rotatable bonds is 1. The first kappa shape index (κ1) is 7.60. The van der Waals surface area contributed by atoms with Gasteiger partial charge in [-0.1, -0.05) is 0 Å². The molecule has 0 amide bonds. The highest BCUT2D eigenvalue weighted by Crippen LogP contribution is 1.65. The maximum Gasteiger partial charge on any atom is 0.191 e. The van der Waals surface area contributed by atoms with Gasteiger partial charge in [-0.25, -0.2) is 14.1 Å². The minimum absolute atomic E-state index is 0.229. The molecule has 0 aliphatic rings. The van der Waals surface area contributed by atoms with E-state index in [1.165, 1.54) is 0 Å². The standard InChI is InChI=1S/CH6N4OS2/c2-1(7)5-8(3,4)6/h(H6,2,3,4,5,6,7). The highest BCUT2D eigenvalue weighted by atomic mass is 32.2. The van der Waals surface area contributed by atoms with E-state index in [0.29, 0.717) is 0 Å². The Morgan fingerprint density at radius 1 is 1.88 bits per heavy atom. The van der Waals surface area contributed by atoms with Crippen LogP contribution >= 0.6 is 12.2 Å². The molecule has 8 heavy (non-hydrogen) atoms. The zero-order valence-electron chi connectivity index (χ0n) is 3.88. The van der Waals surface area contributed by atoms with Gasteiger partial charge in [0.15, 0.2) is 15.2 Å². The maximum absolute atomic E-state index is 10.2. The molecule has 48 valence electrons. The number of hydrogen-bond donors (Lipinski definition) is 4. The number of thiocarbonyl (C=S) groups is 1. The van der Waals surface area contributed by atoms with Crippen LogP contribution in [0.25, 0.3) is 0 Å². The van der Waals surface area contributed by atoms with Crippen molar-refractivity contribution < 1.29 is 4.21 Å². The van der Waals surface area contributed by atoms with Gasteiger partial charge in [-0.15, -0.1) is 0 Å². The smallest absolute Gasteiger partial charge is 0.191 e. The van der Waals surface area contributed by atoms with E-state index in [1.807, 2.05) is 4.72 Å². The summed E-state index contributed by atoms with van der Waals surface area (Å²) in [5, 5.41) is 4.42. The Morgan fingerprint density at radius 3 is 2.25 bits per heavy atom. The third-order valence-corrected chi connectivity index (χ3v) is 1.01. The van der Waals surface area contributed by atoms with Crippen LogP contribution in [0.1, 0.15) is 0 Å². The van der Waals surface area contributed by atoms with Crippen molar-refractivity contribution in [1.82, 2.24) is 4.72 Å². The first-order valence-corrected chi connectivity index (χ1v) is 3.58. The number of nitrogens with two attached hydrogens (primary N) is 2. The summed E-state index contributed by atoms with van der Waals surface area (Å²) in [4.78, 5) is 0. The summed E-state index contributed by atoms with van der Waals surface area (Å²) in [5.74, 6) is 0. The Kier molecular flexibility index (Phi) is 2.13. The van der Waals surface area contributed by atoms with Crippen molar-refractivity contribution in [3.63, 3.8) is 0 Å². The van der Waals surface area contributed by atoms with Gasteiger partial charge in [0.05, 0.1) is 0 Å². The molecule has 0 aromatic heterocycles. The van der Waals surface area contributed by atoms with Gasteiger partial charge >= 0.3 is 0 Å². The molecule has 0 fully saturated rings. The summed E-state index contributed by atoms with van der Waals surface area (Å²) in [6.07, 6.45) is 0. The quantitative estimate of drug-likeness (QED) is 0.351. The highest BCUT2D eigenvalue weighted by Gasteiger charge is 1.93. The van der Waals surface area contributed by atoms with Crippen molar-refractivity contribution in [2.24, 2.45) is 10.9 Å². The molecule has 0 spiro atoms. The van der Waals surface area contributed by atoms with E-state index in [0.717, 1.165) is 0 Å². The van der Waals surface area contributed by atoms with Crippen molar-refractivity contribution in [2.75, 3.05) is 0 Å². The van der Waals surface area contributed by atoms with Gasteiger partial charge in [0.2, 0.25) is 0 Å². The van der Waals surface area contributed by atoms with Crippen LogP contribution in [0.3, 0.4) is 0 Å². The average Bonchev–Trinajstić information content (AvgIpc) is 1.21. The molecule has 0 heterocycles. The van der Waals surface area contributed by atoms with Crippen LogP contribution in [0.2, 0.25) is 0 Å². The van der Waals surface area contributed by atoms with Crippen LogP contribution in [0.15, 0.2) is 0 Å². The zero-order chi connectivity index (χ0) is 6.78. The normalized spacial score (nSPS) is 16.6. The highest BCUT2D eigenvalue weighted by molar-refractivity contribution is 7.90. The molecule has 0 saturated carbocycles. The van der Waals surface area contributed by atoms with Crippen molar-refractivity contribution >= 4 is 27.4 Å². The van der Waals surface area contributed by atoms with E-state index < -0.39 is 10.1 Å². The van der Waals surface area contributed by atoms with Gasteiger partial charge in [-0.3, -0.25) is 4.72 Å². The van der Waals surface area contributed by atoms with Crippen molar-refractivity contribution in [1.29, 1.82) is 4.78 Å². The lowest BCUT2D eigenvalue weighted by molar-refractivity contribution is 0.674. The fourth-order valence-electron chi connectivity index (χ4n) is 0.149. The average molecular weight is 154 g/mol. The lowest BCUT2D eigenvalue weighted by Crippen LogP contribution is -2.38. The number of hydrogen-bond acceptors (Lipinski definition) is 3. The SMILES string of the molecule is N=S(N)(=O)NC(N)=S. The molecule has 0 rings (SSSR count). The molecule has 0 aromatic carbocycles. The van der Waals surface area contributed by atoms with Crippen molar-refractivity contribution in [3.8, 4) is 0 Å². The van der Waals surface area contributed by atoms with Crippen LogP contribution in [0.5, 0.6) is 0 Å². The minimum atomic E-state index is -3.24. The van der Waals surface area contributed by atoms with Gasteiger partial charge < -0.3 is 5.73 Å². The Morgan fingerprint density at radius 2 is 2.25 bits per heavy atom. The molecule has 0 aliphatic heterocycles. The third kappa shape index (κ3) is 5.60. The summed E-state index contributed by atoms with van der Waals surface area (Å²) < 4.78 is 18.5. The second kappa shape index (κ2) is 2.25. The van der Waals surface area contributed by atoms with Gasteiger partial charge in [0.1, 0.15) is 0 Å². The largest absolute Gasteiger partial charge is 0.376 e. The first-order valence-electron chi connectivity index (χ1n) is 1.55. The van der Waals surface area contributed by atoms with Crippen LogP contribution in [-0.4, -0.2) is 9.32 Å². The van der Waals surface area contributed by atoms with Gasteiger partial charge in [-0.2, -0.15) is 0 Å². The van der Waals surface area contributed by atoms with E-state index in [9.17, 15) is 4.21 Å². The zero-order valence-corrected chi connectivity index (χ0v) is 5.51. The second-order valence-corrected chi connectivity index (χ2v) is 2.91. The minimum Gasteiger partial charge on any atom is -0.376 e. The summed E-state index contributed by atoms with van der Waals surface area (Å²) in [6.45, 7) is 0. The molecule has 0 radical (unpaired) electrons. The molecule has 7 heteroatoms. The Hall–Kier alpha value is -0.400.